The van der Waals surface area contributed by atoms with Crippen LogP contribution < -0.4 is 14.0 Å². The summed E-state index contributed by atoms with van der Waals surface area (Å²) in [4.78, 5) is 25.5. The van der Waals surface area contributed by atoms with Crippen LogP contribution in [0.25, 0.3) is 0 Å². The quantitative estimate of drug-likeness (QED) is 0.434. The first-order valence-electron chi connectivity index (χ1n) is 10.4. The molecule has 1 atom stereocenters. The monoisotopic (exact) mass is 416 g/mol. The number of carbonyl (C=O) groups excluding carboxylic acids is 2. The largest absolute Gasteiger partial charge is 0.493 e. The summed E-state index contributed by atoms with van der Waals surface area (Å²) in [7, 11) is 3.15. The average Bonchev–Trinajstić information content (AvgIpc) is 3.08. The summed E-state index contributed by atoms with van der Waals surface area (Å²) >= 11 is 0. The molecule has 31 heavy (non-hydrogen) atoms. The van der Waals surface area contributed by atoms with Crippen molar-refractivity contribution in [2.45, 2.75) is 26.3 Å². The van der Waals surface area contributed by atoms with E-state index in [1.165, 1.54) is 5.56 Å². The van der Waals surface area contributed by atoms with E-state index in [2.05, 4.69) is 12.1 Å². The van der Waals surface area contributed by atoms with Gasteiger partial charge in [0.15, 0.2) is 42.0 Å². The third-order valence-electron chi connectivity index (χ3n) is 5.87. The number of carbonyl (C=O) groups is 2. The van der Waals surface area contributed by atoms with Crippen LogP contribution in [0.3, 0.4) is 0 Å². The number of ether oxygens (including phenoxy) is 2. The number of methoxy groups -OCH3 is 2. The van der Waals surface area contributed by atoms with Gasteiger partial charge < -0.3 is 9.47 Å². The summed E-state index contributed by atoms with van der Waals surface area (Å²) in [6, 6.07) is 15.7. The number of benzene rings is 2. The van der Waals surface area contributed by atoms with Crippen molar-refractivity contribution in [3.05, 3.63) is 88.7 Å². The smallest absolute Gasteiger partial charge is 0.180 e. The molecule has 1 unspecified atom stereocenters. The summed E-state index contributed by atoms with van der Waals surface area (Å²) in [6.45, 7) is 2.27. The first kappa shape index (κ1) is 20.8. The first-order valence-corrected chi connectivity index (χ1v) is 10.4. The molecule has 4 rings (SSSR count). The predicted octanol–water partition coefficient (Wildman–Crippen LogP) is 3.84. The lowest BCUT2D eigenvalue weighted by Crippen LogP contribution is -2.35. The molecule has 0 saturated heterocycles. The number of hydrogen-bond acceptors (Lipinski definition) is 4. The number of fused-ring (bicyclic) bond motifs is 1. The van der Waals surface area contributed by atoms with E-state index in [9.17, 15) is 9.59 Å². The van der Waals surface area contributed by atoms with E-state index in [1.54, 1.807) is 27.2 Å². The second-order valence-electron chi connectivity index (χ2n) is 7.93. The Morgan fingerprint density at radius 2 is 1.77 bits per heavy atom. The molecule has 0 N–H and O–H groups in total. The van der Waals surface area contributed by atoms with Crippen LogP contribution in [0.1, 0.15) is 44.3 Å². The topological polar surface area (TPSA) is 56.5 Å². The number of Topliss-reactive ketones (excluding diaryl/α,β-unsaturated/α-hetero) is 2. The summed E-state index contributed by atoms with van der Waals surface area (Å²) < 4.78 is 12.7. The highest BCUT2D eigenvalue weighted by Gasteiger charge is 2.33. The average molecular weight is 416 g/mol. The lowest BCUT2D eigenvalue weighted by Gasteiger charge is -2.11. The number of aromatic nitrogens is 1. The van der Waals surface area contributed by atoms with Crippen molar-refractivity contribution < 1.29 is 23.6 Å². The maximum atomic E-state index is 13.1. The molecule has 1 heterocycles. The molecule has 1 aliphatic rings. The molecule has 0 saturated carbocycles. The molecular formula is C26H26NO4+. The Bertz CT molecular complexity index is 1140. The van der Waals surface area contributed by atoms with Gasteiger partial charge in [0.05, 0.1) is 19.8 Å². The Morgan fingerprint density at radius 1 is 1.06 bits per heavy atom. The molecule has 3 aromatic rings. The highest BCUT2D eigenvalue weighted by Crippen LogP contribution is 2.37. The Labute approximate surface area is 182 Å². The van der Waals surface area contributed by atoms with Gasteiger partial charge in [0.25, 0.3) is 0 Å². The molecule has 1 aliphatic carbocycles. The maximum Gasteiger partial charge on any atom is 0.180 e. The molecule has 2 aromatic carbocycles. The van der Waals surface area contributed by atoms with Crippen molar-refractivity contribution in [1.29, 1.82) is 0 Å². The molecule has 158 valence electrons. The van der Waals surface area contributed by atoms with Gasteiger partial charge in [-0.2, -0.15) is 0 Å². The Hall–Kier alpha value is -3.47. The minimum absolute atomic E-state index is 0.00344. The SMILES string of the molecule is COc1cc2c(cc1OC)C(=O)C(Cc1cc[n+](Cc3ccccc3)cc1C(C)=O)C2. The lowest BCUT2D eigenvalue weighted by molar-refractivity contribution is -0.688. The van der Waals surface area contributed by atoms with Crippen molar-refractivity contribution in [3.8, 4) is 11.5 Å². The molecular weight excluding hydrogens is 390 g/mol. The minimum atomic E-state index is -0.199. The van der Waals surface area contributed by atoms with E-state index >= 15 is 0 Å². The molecule has 1 aromatic heterocycles. The molecule has 0 amide bonds. The zero-order valence-corrected chi connectivity index (χ0v) is 18.1. The third-order valence-corrected chi connectivity index (χ3v) is 5.87. The zero-order chi connectivity index (χ0) is 22.0. The van der Waals surface area contributed by atoms with Crippen molar-refractivity contribution in [2.24, 2.45) is 5.92 Å². The second-order valence-corrected chi connectivity index (χ2v) is 7.93. The molecule has 0 bridgehead atoms. The van der Waals surface area contributed by atoms with Crippen LogP contribution in [-0.4, -0.2) is 25.8 Å². The number of rotatable bonds is 7. The van der Waals surface area contributed by atoms with Crippen LogP contribution in [0.15, 0.2) is 60.9 Å². The summed E-state index contributed by atoms with van der Waals surface area (Å²) in [6.07, 6.45) is 5.03. The molecule has 0 radical (unpaired) electrons. The van der Waals surface area contributed by atoms with Crippen molar-refractivity contribution in [3.63, 3.8) is 0 Å². The fourth-order valence-corrected chi connectivity index (χ4v) is 4.28. The van der Waals surface area contributed by atoms with Gasteiger partial charge in [0, 0.05) is 23.1 Å². The van der Waals surface area contributed by atoms with Gasteiger partial charge in [0.2, 0.25) is 0 Å². The van der Waals surface area contributed by atoms with Gasteiger partial charge in [0.1, 0.15) is 0 Å². The number of nitrogens with zero attached hydrogens (tertiary/aromatic N) is 1. The number of ketones is 2. The molecule has 5 heteroatoms. The molecule has 5 nitrogen and oxygen atoms in total. The Morgan fingerprint density at radius 3 is 2.45 bits per heavy atom. The van der Waals surface area contributed by atoms with E-state index in [0.29, 0.717) is 42.0 Å². The third kappa shape index (κ3) is 4.22. The van der Waals surface area contributed by atoms with Crippen LogP contribution in [-0.2, 0) is 19.4 Å². The highest BCUT2D eigenvalue weighted by molar-refractivity contribution is 6.03. The highest BCUT2D eigenvalue weighted by atomic mass is 16.5. The Kier molecular flexibility index (Phi) is 5.85. The molecule has 0 aliphatic heterocycles. The van der Waals surface area contributed by atoms with Crippen LogP contribution in [0.4, 0.5) is 0 Å². The summed E-state index contributed by atoms with van der Waals surface area (Å²) in [5, 5.41) is 0. The Balaban J connectivity index is 1.58. The van der Waals surface area contributed by atoms with Gasteiger partial charge in [-0.1, -0.05) is 30.3 Å². The van der Waals surface area contributed by atoms with Gasteiger partial charge in [-0.05, 0) is 43.0 Å². The summed E-state index contributed by atoms with van der Waals surface area (Å²) in [5.41, 5.74) is 4.38. The number of pyridine rings is 1. The van der Waals surface area contributed by atoms with Crippen molar-refractivity contribution in [1.82, 2.24) is 0 Å². The first-order chi connectivity index (χ1) is 15.0. The minimum Gasteiger partial charge on any atom is -0.493 e. The summed E-state index contributed by atoms with van der Waals surface area (Å²) in [5.74, 6) is 1.08. The standard InChI is InChI=1S/C26H26NO4/c1-17(28)23-16-27(15-18-7-5-4-6-8-18)10-9-19(23)11-21-12-20-13-24(30-2)25(31-3)14-22(20)26(21)29/h4-10,13-14,16,21H,11-12,15H2,1-3H3/q+1. The van der Waals surface area contributed by atoms with Crippen molar-refractivity contribution in [2.75, 3.05) is 14.2 Å². The van der Waals surface area contributed by atoms with E-state index in [-0.39, 0.29) is 17.5 Å². The second kappa shape index (κ2) is 8.72. The normalized spacial score (nSPS) is 14.9. The van der Waals surface area contributed by atoms with Crippen LogP contribution >= 0.6 is 0 Å². The van der Waals surface area contributed by atoms with Gasteiger partial charge in [-0.15, -0.1) is 0 Å². The van der Waals surface area contributed by atoms with Crippen LogP contribution in [0.2, 0.25) is 0 Å². The van der Waals surface area contributed by atoms with Gasteiger partial charge in [-0.25, -0.2) is 4.57 Å². The van der Waals surface area contributed by atoms with Gasteiger partial charge in [-0.3, -0.25) is 9.59 Å². The lowest BCUT2D eigenvalue weighted by atomic mass is 9.92. The van der Waals surface area contributed by atoms with E-state index in [0.717, 1.165) is 11.1 Å². The molecule has 0 spiro atoms. The van der Waals surface area contributed by atoms with Crippen LogP contribution in [0, 0.1) is 5.92 Å². The van der Waals surface area contributed by atoms with E-state index in [4.69, 9.17) is 9.47 Å². The fraction of sp³-hybridized carbons (Fsp3) is 0.269. The predicted molar refractivity (Wildman–Crippen MR) is 117 cm³/mol. The van der Waals surface area contributed by atoms with E-state index < -0.39 is 0 Å². The molecule has 0 fully saturated rings. The zero-order valence-electron chi connectivity index (χ0n) is 18.1. The van der Waals surface area contributed by atoms with E-state index in [1.807, 2.05) is 47.3 Å². The van der Waals surface area contributed by atoms with Gasteiger partial charge >= 0.3 is 0 Å². The fourth-order valence-electron chi connectivity index (χ4n) is 4.28. The van der Waals surface area contributed by atoms with Crippen LogP contribution in [0.5, 0.6) is 11.5 Å². The van der Waals surface area contributed by atoms with Crippen molar-refractivity contribution >= 4 is 11.6 Å². The number of hydrogen-bond donors (Lipinski definition) is 0. The maximum absolute atomic E-state index is 13.1.